The van der Waals surface area contributed by atoms with Gasteiger partial charge in [-0.05, 0) is 36.5 Å². The Labute approximate surface area is 146 Å². The predicted octanol–water partition coefficient (Wildman–Crippen LogP) is 3.19. The van der Waals surface area contributed by atoms with Crippen LogP contribution in [0.15, 0.2) is 35.0 Å². The van der Waals surface area contributed by atoms with Crippen LogP contribution in [0.25, 0.3) is 0 Å². The third kappa shape index (κ3) is 4.87. The minimum atomic E-state index is -0.271. The number of hydrogen-bond donors (Lipinski definition) is 2. The summed E-state index contributed by atoms with van der Waals surface area (Å²) >= 11 is 1.65. The molecular weight excluding hydrogens is 326 g/mol. The van der Waals surface area contributed by atoms with Crippen LogP contribution < -0.4 is 20.1 Å². The number of amides is 2. The molecule has 0 spiro atoms. The molecule has 0 saturated carbocycles. The quantitative estimate of drug-likeness (QED) is 0.806. The first kappa shape index (κ1) is 18.1. The number of urea groups is 1. The van der Waals surface area contributed by atoms with Crippen molar-refractivity contribution in [3.63, 3.8) is 0 Å². The topological polar surface area (TPSA) is 62.8 Å². The average molecular weight is 349 g/mol. The molecule has 1 heterocycles. The number of anilines is 1. The maximum atomic E-state index is 12.2. The van der Waals surface area contributed by atoms with Crippen molar-refractivity contribution in [1.82, 2.24) is 10.2 Å². The largest absolute Gasteiger partial charge is 0.497 e. The Morgan fingerprint density at radius 1 is 1.21 bits per heavy atom. The van der Waals surface area contributed by atoms with Crippen molar-refractivity contribution in [3.05, 3.63) is 40.6 Å². The van der Waals surface area contributed by atoms with Crippen LogP contribution in [-0.4, -0.2) is 45.8 Å². The molecule has 130 valence electrons. The Hall–Kier alpha value is -2.25. The highest BCUT2D eigenvalue weighted by Crippen LogP contribution is 2.25. The molecule has 0 unspecified atom stereocenters. The van der Waals surface area contributed by atoms with E-state index >= 15 is 0 Å². The van der Waals surface area contributed by atoms with Crippen LogP contribution in [0, 0.1) is 0 Å². The lowest BCUT2D eigenvalue weighted by Gasteiger charge is -2.24. The molecule has 24 heavy (non-hydrogen) atoms. The minimum absolute atomic E-state index is 0.127. The normalized spacial score (nSPS) is 11.9. The first-order chi connectivity index (χ1) is 11.5. The number of nitrogens with zero attached hydrogens (tertiary/aromatic N) is 1. The molecule has 1 aromatic carbocycles. The van der Waals surface area contributed by atoms with Crippen molar-refractivity contribution in [1.29, 1.82) is 0 Å². The van der Waals surface area contributed by atoms with Gasteiger partial charge in [-0.25, -0.2) is 4.79 Å². The van der Waals surface area contributed by atoms with E-state index in [1.54, 1.807) is 43.8 Å². The molecule has 2 aromatic rings. The van der Waals surface area contributed by atoms with Gasteiger partial charge in [0.1, 0.15) is 11.5 Å². The third-order valence-corrected chi connectivity index (χ3v) is 4.32. The van der Waals surface area contributed by atoms with Crippen LogP contribution >= 0.6 is 11.3 Å². The number of rotatable bonds is 7. The lowest BCUT2D eigenvalue weighted by Crippen LogP contribution is -2.36. The van der Waals surface area contributed by atoms with E-state index < -0.39 is 0 Å². The fourth-order valence-electron chi connectivity index (χ4n) is 2.31. The van der Waals surface area contributed by atoms with Crippen molar-refractivity contribution in [2.75, 3.05) is 40.2 Å². The van der Waals surface area contributed by atoms with Gasteiger partial charge in [0.15, 0.2) is 0 Å². The molecule has 6 nitrogen and oxygen atoms in total. The molecule has 0 aliphatic heterocycles. The van der Waals surface area contributed by atoms with Crippen LogP contribution in [0.2, 0.25) is 0 Å². The van der Waals surface area contributed by atoms with Gasteiger partial charge in [-0.3, -0.25) is 0 Å². The minimum Gasteiger partial charge on any atom is -0.497 e. The van der Waals surface area contributed by atoms with E-state index in [1.165, 1.54) is 5.56 Å². The van der Waals surface area contributed by atoms with Gasteiger partial charge < -0.3 is 25.0 Å². The second-order valence-corrected chi connectivity index (χ2v) is 6.25. The molecule has 1 atom stereocenters. The number of carbonyl (C=O) groups is 1. The zero-order valence-electron chi connectivity index (χ0n) is 14.3. The molecule has 0 saturated heterocycles. The fourth-order valence-corrected chi connectivity index (χ4v) is 3.01. The van der Waals surface area contributed by atoms with Crippen LogP contribution in [-0.2, 0) is 0 Å². The van der Waals surface area contributed by atoms with Crippen LogP contribution in [0.5, 0.6) is 11.5 Å². The maximum absolute atomic E-state index is 12.2. The van der Waals surface area contributed by atoms with Crippen molar-refractivity contribution < 1.29 is 14.3 Å². The second kappa shape index (κ2) is 8.56. The van der Waals surface area contributed by atoms with E-state index in [2.05, 4.69) is 27.0 Å². The van der Waals surface area contributed by atoms with Gasteiger partial charge >= 0.3 is 6.03 Å². The SMILES string of the molecule is COc1cc(NC(=O)NC[C@H](c2ccsc2)N(C)C)cc(OC)c1. The highest BCUT2D eigenvalue weighted by molar-refractivity contribution is 7.07. The number of likely N-dealkylation sites (N-methyl/N-ethyl adjacent to an activating group) is 1. The van der Waals surface area contributed by atoms with E-state index in [9.17, 15) is 4.79 Å². The summed E-state index contributed by atoms with van der Waals surface area (Å²) in [6.07, 6.45) is 0. The maximum Gasteiger partial charge on any atom is 0.319 e. The zero-order valence-corrected chi connectivity index (χ0v) is 15.1. The lowest BCUT2D eigenvalue weighted by molar-refractivity contribution is 0.243. The number of nitrogens with one attached hydrogen (secondary N) is 2. The van der Waals surface area contributed by atoms with Crippen LogP contribution in [0.3, 0.4) is 0 Å². The Morgan fingerprint density at radius 3 is 2.38 bits per heavy atom. The number of ether oxygens (including phenoxy) is 2. The molecule has 2 N–H and O–H groups in total. The average Bonchev–Trinajstić information content (AvgIpc) is 3.08. The number of carbonyl (C=O) groups excluding carboxylic acids is 1. The summed E-state index contributed by atoms with van der Waals surface area (Å²) in [5.41, 5.74) is 1.80. The summed E-state index contributed by atoms with van der Waals surface area (Å²) in [5, 5.41) is 9.84. The smallest absolute Gasteiger partial charge is 0.319 e. The third-order valence-electron chi connectivity index (χ3n) is 3.62. The summed E-state index contributed by atoms with van der Waals surface area (Å²) in [6.45, 7) is 0.511. The van der Waals surface area contributed by atoms with E-state index in [0.717, 1.165) is 0 Å². The zero-order chi connectivity index (χ0) is 17.5. The standard InChI is InChI=1S/C17H23N3O3S/c1-20(2)16(12-5-6-24-11-12)10-18-17(21)19-13-7-14(22-3)9-15(8-13)23-4/h5-9,11,16H,10H2,1-4H3,(H2,18,19,21)/t16-/m1/s1. The molecule has 2 amide bonds. The van der Waals surface area contributed by atoms with Gasteiger partial charge in [0.25, 0.3) is 0 Å². The van der Waals surface area contributed by atoms with Crippen molar-refractivity contribution >= 4 is 23.1 Å². The molecular formula is C17H23N3O3S. The van der Waals surface area contributed by atoms with Crippen molar-refractivity contribution in [2.45, 2.75) is 6.04 Å². The number of hydrogen-bond acceptors (Lipinski definition) is 5. The van der Waals surface area contributed by atoms with Gasteiger partial charge in [-0.15, -0.1) is 0 Å². The molecule has 0 bridgehead atoms. The molecule has 0 aliphatic carbocycles. The highest BCUT2D eigenvalue weighted by atomic mass is 32.1. The Bertz CT molecular complexity index is 637. The molecule has 7 heteroatoms. The summed E-state index contributed by atoms with van der Waals surface area (Å²) in [6, 6.07) is 7.16. The Kier molecular flexibility index (Phi) is 6.45. The summed E-state index contributed by atoms with van der Waals surface area (Å²) in [4.78, 5) is 14.3. The van der Waals surface area contributed by atoms with E-state index in [4.69, 9.17) is 9.47 Å². The van der Waals surface area contributed by atoms with Gasteiger partial charge in [0, 0.05) is 30.4 Å². The Morgan fingerprint density at radius 2 is 1.88 bits per heavy atom. The molecule has 0 fully saturated rings. The van der Waals surface area contributed by atoms with Crippen LogP contribution in [0.4, 0.5) is 10.5 Å². The van der Waals surface area contributed by atoms with Crippen molar-refractivity contribution in [2.24, 2.45) is 0 Å². The van der Waals surface area contributed by atoms with Crippen molar-refractivity contribution in [3.8, 4) is 11.5 Å². The van der Waals surface area contributed by atoms with Gasteiger partial charge in [-0.1, -0.05) is 0 Å². The van der Waals surface area contributed by atoms with Gasteiger partial charge in [-0.2, -0.15) is 11.3 Å². The second-order valence-electron chi connectivity index (χ2n) is 5.47. The van der Waals surface area contributed by atoms with E-state index in [0.29, 0.717) is 23.7 Å². The summed E-state index contributed by atoms with van der Waals surface area (Å²) in [7, 11) is 7.13. The predicted molar refractivity (Wildman–Crippen MR) is 97.3 cm³/mol. The van der Waals surface area contributed by atoms with Crippen LogP contribution in [0.1, 0.15) is 11.6 Å². The fraction of sp³-hybridized carbons (Fsp3) is 0.353. The van der Waals surface area contributed by atoms with Gasteiger partial charge in [0.05, 0.1) is 20.3 Å². The molecule has 1 aromatic heterocycles. The van der Waals surface area contributed by atoms with E-state index in [1.807, 2.05) is 19.5 Å². The first-order valence-corrected chi connectivity index (χ1v) is 8.44. The highest BCUT2D eigenvalue weighted by Gasteiger charge is 2.16. The number of methoxy groups -OCH3 is 2. The Balaban J connectivity index is 1.98. The number of thiophene rings is 1. The first-order valence-electron chi connectivity index (χ1n) is 7.50. The monoisotopic (exact) mass is 349 g/mol. The molecule has 2 rings (SSSR count). The molecule has 0 aliphatic rings. The summed E-state index contributed by atoms with van der Waals surface area (Å²) in [5.74, 6) is 1.24. The summed E-state index contributed by atoms with van der Waals surface area (Å²) < 4.78 is 10.4. The van der Waals surface area contributed by atoms with E-state index in [-0.39, 0.29) is 12.1 Å². The lowest BCUT2D eigenvalue weighted by atomic mass is 10.1. The number of benzene rings is 1. The van der Waals surface area contributed by atoms with Gasteiger partial charge in [0.2, 0.25) is 0 Å². The molecule has 0 radical (unpaired) electrons.